The second kappa shape index (κ2) is 13.0. The molecule has 1 N–H and O–H groups in total. The maximum Gasteiger partial charge on any atom is 0.216 e. The summed E-state index contributed by atoms with van der Waals surface area (Å²) in [7, 11) is -8.52. The largest absolute Gasteiger partial charge is 0.762 e. The lowest BCUT2D eigenvalue weighted by atomic mass is 10.2. The minimum atomic E-state index is -4.26. The third-order valence-electron chi connectivity index (χ3n) is 5.22. The molecule has 7 nitrogen and oxygen atoms in total. The number of benzene rings is 2. The SMILES string of the molecule is CC[NH+](CC)CC.Cc1ccc(S(=O)(=O)C(=C=[N-])/C=C(\C#N)S(=O)(=O)c2ccc(C)cc2)cc1. The summed E-state index contributed by atoms with van der Waals surface area (Å²) in [5, 5.41) is 18.6. The van der Waals surface area contributed by atoms with Gasteiger partial charge in [0.05, 0.1) is 34.3 Å². The van der Waals surface area contributed by atoms with E-state index in [4.69, 9.17) is 0 Å². The van der Waals surface area contributed by atoms with E-state index in [-0.39, 0.29) is 9.79 Å². The monoisotopic (exact) mass is 501 g/mol. The van der Waals surface area contributed by atoms with Crippen LogP contribution in [0.15, 0.2) is 74.2 Å². The molecule has 0 aliphatic heterocycles. The molecule has 0 heterocycles. The van der Waals surface area contributed by atoms with Crippen LogP contribution in [0.25, 0.3) is 5.41 Å². The van der Waals surface area contributed by atoms with E-state index >= 15 is 0 Å². The molecule has 2 aromatic carbocycles. The molecule has 182 valence electrons. The normalized spacial score (nSPS) is 11.7. The first kappa shape index (κ1) is 29.0. The molecule has 0 saturated carbocycles. The zero-order chi connectivity index (χ0) is 25.9. The summed E-state index contributed by atoms with van der Waals surface area (Å²) < 4.78 is 50.5. The molecule has 0 unspecified atom stereocenters. The highest BCUT2D eigenvalue weighted by molar-refractivity contribution is 7.96. The zero-order valence-electron chi connectivity index (χ0n) is 20.2. The van der Waals surface area contributed by atoms with Crippen LogP contribution in [0.1, 0.15) is 31.9 Å². The van der Waals surface area contributed by atoms with E-state index in [2.05, 4.69) is 20.8 Å². The van der Waals surface area contributed by atoms with Crippen LogP contribution in [-0.4, -0.2) is 42.3 Å². The second-order valence-corrected chi connectivity index (χ2v) is 11.4. The number of rotatable bonds is 8. The first-order valence-corrected chi connectivity index (χ1v) is 13.8. The minimum Gasteiger partial charge on any atom is -0.762 e. The fourth-order valence-corrected chi connectivity index (χ4v) is 5.26. The average Bonchev–Trinajstić information content (AvgIpc) is 2.81. The number of nitrogens with zero attached hydrogens (tertiary/aromatic N) is 2. The molecule has 2 aromatic rings. The molecule has 0 aliphatic rings. The van der Waals surface area contributed by atoms with Crippen molar-refractivity contribution in [3.05, 3.63) is 81.0 Å². The molecule has 34 heavy (non-hydrogen) atoms. The highest BCUT2D eigenvalue weighted by atomic mass is 32.2. The third kappa shape index (κ3) is 7.51. The zero-order valence-corrected chi connectivity index (χ0v) is 21.8. The number of hydrogen-bond donors (Lipinski definition) is 1. The summed E-state index contributed by atoms with van der Waals surface area (Å²) in [5.74, 6) is 1.49. The Morgan fingerprint density at radius 2 is 1.21 bits per heavy atom. The molecular formula is C25H31N3O4S2. The van der Waals surface area contributed by atoms with Crippen molar-refractivity contribution in [3.8, 4) is 6.07 Å². The fraction of sp³-hybridized carbons (Fsp3) is 0.320. The van der Waals surface area contributed by atoms with Crippen molar-refractivity contribution in [1.29, 1.82) is 5.26 Å². The topological polar surface area (TPSA) is 119 Å². The van der Waals surface area contributed by atoms with Gasteiger partial charge in [0.25, 0.3) is 0 Å². The molecule has 9 heteroatoms. The van der Waals surface area contributed by atoms with Gasteiger partial charge in [0.2, 0.25) is 19.7 Å². The van der Waals surface area contributed by atoms with E-state index in [0.29, 0.717) is 6.08 Å². The second-order valence-electron chi connectivity index (χ2n) is 7.54. The Morgan fingerprint density at radius 3 is 1.50 bits per heavy atom. The molecule has 2 rings (SSSR count). The Bertz CT molecular complexity index is 1290. The molecule has 0 atom stereocenters. The predicted octanol–water partition coefficient (Wildman–Crippen LogP) is 3.01. The van der Waals surface area contributed by atoms with Gasteiger partial charge in [-0.1, -0.05) is 35.4 Å². The van der Waals surface area contributed by atoms with E-state index in [0.717, 1.165) is 11.1 Å². The third-order valence-corrected chi connectivity index (χ3v) is 8.59. The van der Waals surface area contributed by atoms with Crippen LogP contribution in [0.5, 0.6) is 0 Å². The van der Waals surface area contributed by atoms with Crippen LogP contribution >= 0.6 is 0 Å². The number of quaternary nitrogens is 1. The number of nitriles is 1. The van der Waals surface area contributed by atoms with Crippen molar-refractivity contribution < 1.29 is 21.7 Å². The molecule has 0 spiro atoms. The standard InChI is InChI=1S/C19H15N2O4S2.C6H15N/c1-14-3-7-16(8-4-14)26(22,23)18(12-20)11-19(13-21)27(24,25)17-9-5-15(2)6-10-17;1-4-7(5-2)6-3/h3-11H,1-2H3;4-6H2,1-3H3/q-1;/p+1/b18-11+;. The molecular weight excluding hydrogens is 470 g/mol. The van der Waals surface area contributed by atoms with Gasteiger partial charge in [-0.15, -0.1) is 0 Å². The van der Waals surface area contributed by atoms with Crippen molar-refractivity contribution in [2.45, 2.75) is 44.4 Å². The van der Waals surface area contributed by atoms with Gasteiger partial charge >= 0.3 is 0 Å². The van der Waals surface area contributed by atoms with Crippen LogP contribution in [0.3, 0.4) is 0 Å². The first-order valence-electron chi connectivity index (χ1n) is 10.8. The van der Waals surface area contributed by atoms with Gasteiger partial charge in [-0.3, -0.25) is 0 Å². The Hall–Kier alpha value is -3.02. The van der Waals surface area contributed by atoms with Crippen LogP contribution in [0.2, 0.25) is 0 Å². The summed E-state index contributed by atoms with van der Waals surface area (Å²) in [6.45, 7) is 14.0. The molecule has 0 aromatic heterocycles. The molecule has 0 radical (unpaired) electrons. The Kier molecular flexibility index (Phi) is 11.1. The van der Waals surface area contributed by atoms with Gasteiger partial charge in [0.15, 0.2) is 4.91 Å². The van der Waals surface area contributed by atoms with E-state index < -0.39 is 29.5 Å². The minimum absolute atomic E-state index is 0.161. The summed E-state index contributed by atoms with van der Waals surface area (Å²) >= 11 is 0. The fourth-order valence-electron chi connectivity index (χ4n) is 2.90. The van der Waals surface area contributed by atoms with E-state index in [9.17, 15) is 27.5 Å². The highest BCUT2D eigenvalue weighted by Gasteiger charge is 2.25. The lowest BCUT2D eigenvalue weighted by Crippen LogP contribution is -3.11. The van der Waals surface area contributed by atoms with Crippen LogP contribution < -0.4 is 4.90 Å². The van der Waals surface area contributed by atoms with Crippen molar-refractivity contribution in [2.24, 2.45) is 0 Å². The van der Waals surface area contributed by atoms with Crippen LogP contribution in [0, 0.1) is 25.2 Å². The van der Waals surface area contributed by atoms with Crippen LogP contribution in [0.4, 0.5) is 0 Å². The van der Waals surface area contributed by atoms with Gasteiger partial charge in [-0.25, -0.2) is 22.7 Å². The van der Waals surface area contributed by atoms with Gasteiger partial charge < -0.3 is 10.3 Å². The predicted molar refractivity (Wildman–Crippen MR) is 135 cm³/mol. The van der Waals surface area contributed by atoms with Crippen molar-refractivity contribution in [3.63, 3.8) is 0 Å². The van der Waals surface area contributed by atoms with Crippen molar-refractivity contribution in [1.82, 2.24) is 0 Å². The van der Waals surface area contributed by atoms with Gasteiger partial charge in [-0.05, 0) is 65.0 Å². The molecule has 0 saturated heterocycles. The maximum atomic E-state index is 12.6. The van der Waals surface area contributed by atoms with E-state index in [1.54, 1.807) is 43.0 Å². The van der Waals surface area contributed by atoms with Crippen molar-refractivity contribution >= 4 is 25.5 Å². The Morgan fingerprint density at radius 1 is 0.824 bits per heavy atom. The number of nitrogens with one attached hydrogen (secondary N) is 1. The summed E-state index contributed by atoms with van der Waals surface area (Å²) in [4.78, 5) is -0.283. The summed E-state index contributed by atoms with van der Waals surface area (Å²) in [5.41, 5.74) is 1.64. The molecule has 0 aliphatic carbocycles. The summed E-state index contributed by atoms with van der Waals surface area (Å²) in [6, 6.07) is 13.0. The van der Waals surface area contributed by atoms with E-state index in [1.165, 1.54) is 55.8 Å². The average molecular weight is 502 g/mol. The highest BCUT2D eigenvalue weighted by Crippen LogP contribution is 2.24. The number of sulfone groups is 2. The Balaban J connectivity index is 0.000000718. The number of aryl methyl sites for hydroxylation is 2. The quantitative estimate of drug-likeness (QED) is 0.339. The molecule has 0 amide bonds. The van der Waals surface area contributed by atoms with E-state index in [1.807, 2.05) is 0 Å². The molecule has 0 fully saturated rings. The molecule has 0 bridgehead atoms. The summed E-state index contributed by atoms with van der Waals surface area (Å²) in [6.07, 6.45) is 0.602. The maximum absolute atomic E-state index is 12.6. The van der Waals surface area contributed by atoms with Crippen LogP contribution in [-0.2, 0) is 19.7 Å². The van der Waals surface area contributed by atoms with Gasteiger partial charge in [0, 0.05) is 0 Å². The lowest BCUT2D eigenvalue weighted by molar-refractivity contribution is -0.894. The smallest absolute Gasteiger partial charge is 0.216 e. The first-order chi connectivity index (χ1) is 16.0. The number of allylic oxidation sites excluding steroid dienone is 2. The lowest BCUT2D eigenvalue weighted by Gasteiger charge is -2.10. The Labute approximate surface area is 203 Å². The van der Waals surface area contributed by atoms with Crippen molar-refractivity contribution in [2.75, 3.05) is 19.6 Å². The van der Waals surface area contributed by atoms with Gasteiger partial charge in [0.1, 0.15) is 6.07 Å². The number of hydrogen-bond acceptors (Lipinski definition) is 5. The van der Waals surface area contributed by atoms with Gasteiger partial charge in [-0.2, -0.15) is 5.26 Å².